The quantitative estimate of drug-likeness (QED) is 0.625. The number of hydrogen-bond acceptors (Lipinski definition) is 6. The maximum Gasteiger partial charge on any atom is 0.243 e. The molecule has 1 saturated heterocycles. The van der Waals surface area contributed by atoms with Crippen molar-refractivity contribution in [1.29, 1.82) is 0 Å². The molecule has 158 valence electrons. The number of hydrogen-bond donors (Lipinski definition) is 0. The molecule has 1 aliphatic heterocycles. The second-order valence-corrected chi connectivity index (χ2v) is 9.64. The van der Waals surface area contributed by atoms with Gasteiger partial charge in [0.2, 0.25) is 15.9 Å². The molecule has 1 aliphatic rings. The topological polar surface area (TPSA) is 69.9 Å². The minimum Gasteiger partial charge on any atom is -0.436 e. The first-order valence-electron chi connectivity index (χ1n) is 9.87. The summed E-state index contributed by atoms with van der Waals surface area (Å²) < 4.78 is 33.2. The van der Waals surface area contributed by atoms with E-state index in [1.807, 2.05) is 50.3 Å². The zero-order valence-electron chi connectivity index (χ0n) is 17.4. The minimum atomic E-state index is -3.48. The summed E-state index contributed by atoms with van der Waals surface area (Å²) in [6.45, 7) is 2.50. The predicted molar refractivity (Wildman–Crippen MR) is 118 cm³/mol. The Balaban J connectivity index is 1.52. The molecule has 3 aromatic rings. The Morgan fingerprint density at radius 2 is 1.50 bits per heavy atom. The van der Waals surface area contributed by atoms with Crippen molar-refractivity contribution in [3.05, 3.63) is 54.7 Å². The van der Waals surface area contributed by atoms with Crippen molar-refractivity contribution in [3.63, 3.8) is 0 Å². The van der Waals surface area contributed by atoms with E-state index in [4.69, 9.17) is 4.42 Å². The highest BCUT2D eigenvalue weighted by Gasteiger charge is 2.27. The molecule has 1 aromatic heterocycles. The van der Waals surface area contributed by atoms with Crippen LogP contribution in [0.1, 0.15) is 0 Å². The second kappa shape index (κ2) is 8.22. The summed E-state index contributed by atoms with van der Waals surface area (Å²) in [5.74, 6) is 1.13. The lowest BCUT2D eigenvalue weighted by Gasteiger charge is -2.31. The minimum absolute atomic E-state index is 0.293. The Kier molecular flexibility index (Phi) is 5.64. The first-order valence-corrected chi connectivity index (χ1v) is 11.3. The standard InChI is InChI=1S/C22H26N4O3S/c1-24(2)19-8-4-17(5-9-19)21-16-23-22(29-21)18-6-10-20(11-7-18)30(27,28)26-14-12-25(3)13-15-26/h4-11,16H,12-15H2,1-3H3. The van der Waals surface area contributed by atoms with Crippen molar-refractivity contribution >= 4 is 15.7 Å². The van der Waals surface area contributed by atoms with E-state index in [1.54, 1.807) is 34.8 Å². The van der Waals surface area contributed by atoms with E-state index in [2.05, 4.69) is 9.88 Å². The van der Waals surface area contributed by atoms with Gasteiger partial charge in [0, 0.05) is 57.1 Å². The van der Waals surface area contributed by atoms with E-state index in [1.165, 1.54) is 0 Å². The Bertz CT molecular complexity index is 1100. The van der Waals surface area contributed by atoms with E-state index in [0.717, 1.165) is 29.9 Å². The number of oxazole rings is 1. The number of sulfonamides is 1. The molecule has 30 heavy (non-hydrogen) atoms. The average molecular weight is 427 g/mol. The van der Waals surface area contributed by atoms with E-state index in [-0.39, 0.29) is 0 Å². The summed E-state index contributed by atoms with van der Waals surface area (Å²) >= 11 is 0. The maximum atomic E-state index is 12.9. The van der Waals surface area contributed by atoms with Crippen molar-refractivity contribution in [3.8, 4) is 22.8 Å². The molecule has 4 rings (SSSR count). The fourth-order valence-corrected chi connectivity index (χ4v) is 4.83. The van der Waals surface area contributed by atoms with Gasteiger partial charge in [0.15, 0.2) is 5.76 Å². The number of rotatable bonds is 5. The molecule has 0 saturated carbocycles. The van der Waals surface area contributed by atoms with Gasteiger partial charge in [-0.05, 0) is 55.6 Å². The van der Waals surface area contributed by atoms with Crippen molar-refractivity contribution in [2.75, 3.05) is 52.2 Å². The van der Waals surface area contributed by atoms with Gasteiger partial charge in [-0.1, -0.05) is 0 Å². The van der Waals surface area contributed by atoms with Crippen LogP contribution in [-0.2, 0) is 10.0 Å². The third kappa shape index (κ3) is 4.12. The molecule has 0 spiro atoms. The smallest absolute Gasteiger partial charge is 0.243 e. The van der Waals surface area contributed by atoms with Gasteiger partial charge >= 0.3 is 0 Å². The van der Waals surface area contributed by atoms with Gasteiger partial charge in [-0.2, -0.15) is 4.31 Å². The van der Waals surface area contributed by atoms with Gasteiger partial charge < -0.3 is 14.2 Å². The van der Waals surface area contributed by atoms with Crippen LogP contribution in [0.15, 0.2) is 64.0 Å². The SMILES string of the molecule is CN1CCN(S(=O)(=O)c2ccc(-c3ncc(-c4ccc(N(C)C)cc4)o3)cc2)CC1. The van der Waals surface area contributed by atoms with Crippen LogP contribution in [0.3, 0.4) is 0 Å². The van der Waals surface area contributed by atoms with E-state index < -0.39 is 10.0 Å². The van der Waals surface area contributed by atoms with Crippen LogP contribution >= 0.6 is 0 Å². The summed E-state index contributed by atoms with van der Waals surface area (Å²) in [7, 11) is 2.51. The van der Waals surface area contributed by atoms with Crippen molar-refractivity contribution in [2.45, 2.75) is 4.90 Å². The van der Waals surface area contributed by atoms with E-state index in [0.29, 0.717) is 29.6 Å². The number of piperazine rings is 1. The molecule has 0 amide bonds. The number of likely N-dealkylation sites (N-methyl/N-ethyl adjacent to an activating group) is 1. The molecule has 7 nitrogen and oxygen atoms in total. The first-order chi connectivity index (χ1) is 14.3. The van der Waals surface area contributed by atoms with Crippen LogP contribution in [0, 0.1) is 0 Å². The molecule has 2 aromatic carbocycles. The summed E-state index contributed by atoms with van der Waals surface area (Å²) in [5, 5.41) is 0. The third-order valence-electron chi connectivity index (χ3n) is 5.38. The molecule has 0 aliphatic carbocycles. The van der Waals surface area contributed by atoms with Crippen molar-refractivity contribution in [2.24, 2.45) is 0 Å². The van der Waals surface area contributed by atoms with Gasteiger partial charge in [-0.25, -0.2) is 13.4 Å². The Morgan fingerprint density at radius 1 is 0.900 bits per heavy atom. The lowest BCUT2D eigenvalue weighted by Crippen LogP contribution is -2.46. The fourth-order valence-electron chi connectivity index (χ4n) is 3.41. The van der Waals surface area contributed by atoms with Crippen LogP contribution in [0.5, 0.6) is 0 Å². The van der Waals surface area contributed by atoms with E-state index >= 15 is 0 Å². The normalized spacial score (nSPS) is 16.0. The highest BCUT2D eigenvalue weighted by molar-refractivity contribution is 7.89. The molecular formula is C22H26N4O3S. The number of aromatic nitrogens is 1. The molecule has 0 N–H and O–H groups in total. The molecule has 0 atom stereocenters. The van der Waals surface area contributed by atoms with Gasteiger partial charge in [0.25, 0.3) is 0 Å². The van der Waals surface area contributed by atoms with Gasteiger partial charge in [0.1, 0.15) is 0 Å². The number of anilines is 1. The van der Waals surface area contributed by atoms with Crippen molar-refractivity contribution in [1.82, 2.24) is 14.2 Å². The highest BCUT2D eigenvalue weighted by Crippen LogP contribution is 2.28. The Labute approximate surface area is 177 Å². The van der Waals surface area contributed by atoms with Crippen molar-refractivity contribution < 1.29 is 12.8 Å². The van der Waals surface area contributed by atoms with Gasteiger partial charge in [0.05, 0.1) is 11.1 Å². The van der Waals surface area contributed by atoms with Crippen LogP contribution in [0.4, 0.5) is 5.69 Å². The van der Waals surface area contributed by atoms with Crippen LogP contribution < -0.4 is 4.90 Å². The monoisotopic (exact) mass is 426 g/mol. The van der Waals surface area contributed by atoms with E-state index in [9.17, 15) is 8.42 Å². The molecular weight excluding hydrogens is 400 g/mol. The largest absolute Gasteiger partial charge is 0.436 e. The lowest BCUT2D eigenvalue weighted by molar-refractivity contribution is 0.222. The number of nitrogens with zero attached hydrogens (tertiary/aromatic N) is 4. The Hall–Kier alpha value is -2.68. The summed E-state index contributed by atoms with van der Waals surface area (Å²) in [5.41, 5.74) is 2.78. The highest BCUT2D eigenvalue weighted by atomic mass is 32.2. The average Bonchev–Trinajstić information content (AvgIpc) is 3.24. The summed E-state index contributed by atoms with van der Waals surface area (Å²) in [6, 6.07) is 14.8. The Morgan fingerprint density at radius 3 is 2.10 bits per heavy atom. The predicted octanol–water partition coefficient (Wildman–Crippen LogP) is 3.01. The maximum absolute atomic E-state index is 12.9. The third-order valence-corrected chi connectivity index (χ3v) is 7.29. The molecule has 1 fully saturated rings. The fraction of sp³-hybridized carbons (Fsp3) is 0.318. The molecule has 0 radical (unpaired) electrons. The summed E-state index contributed by atoms with van der Waals surface area (Å²) in [6.07, 6.45) is 1.69. The zero-order chi connectivity index (χ0) is 21.3. The molecule has 0 bridgehead atoms. The van der Waals surface area contributed by atoms with Crippen LogP contribution in [-0.4, -0.2) is 69.9 Å². The van der Waals surface area contributed by atoms with Crippen LogP contribution in [0.2, 0.25) is 0 Å². The first kappa shape index (κ1) is 20.6. The molecule has 2 heterocycles. The number of benzene rings is 2. The van der Waals surface area contributed by atoms with Gasteiger partial charge in [-0.15, -0.1) is 0 Å². The lowest BCUT2D eigenvalue weighted by atomic mass is 10.1. The molecule has 0 unspecified atom stereocenters. The van der Waals surface area contributed by atoms with Crippen LogP contribution in [0.25, 0.3) is 22.8 Å². The molecule has 8 heteroatoms. The summed E-state index contributed by atoms with van der Waals surface area (Å²) in [4.78, 5) is 8.82. The van der Waals surface area contributed by atoms with Gasteiger partial charge in [-0.3, -0.25) is 0 Å². The second-order valence-electron chi connectivity index (χ2n) is 7.70. The zero-order valence-corrected chi connectivity index (χ0v) is 18.3.